The first-order valence-electron chi connectivity index (χ1n) is 7.00. The van der Waals surface area contributed by atoms with E-state index in [9.17, 15) is 4.79 Å². The van der Waals surface area contributed by atoms with E-state index in [1.54, 1.807) is 0 Å². The topological polar surface area (TPSA) is 64.4 Å². The number of hydrogen-bond donors (Lipinski definition) is 2. The molecule has 0 bridgehead atoms. The van der Waals surface area contributed by atoms with Gasteiger partial charge in [-0.3, -0.25) is 9.63 Å². The molecule has 104 valence electrons. The first-order valence-corrected chi connectivity index (χ1v) is 7.00. The van der Waals surface area contributed by atoms with Gasteiger partial charge in [-0.1, -0.05) is 43.2 Å². The molecule has 0 saturated heterocycles. The maximum Gasteiger partial charge on any atom is 0.260 e. The van der Waals surface area contributed by atoms with E-state index < -0.39 is 6.04 Å². The molecule has 4 nitrogen and oxygen atoms in total. The molecule has 0 radical (unpaired) electrons. The molecule has 2 rings (SSSR count). The number of hydrogen-bond acceptors (Lipinski definition) is 3. The molecule has 1 fully saturated rings. The van der Waals surface area contributed by atoms with Crippen LogP contribution in [0.15, 0.2) is 30.3 Å². The largest absolute Gasteiger partial charge is 0.320 e. The summed E-state index contributed by atoms with van der Waals surface area (Å²) >= 11 is 0. The molecule has 0 aromatic heterocycles. The Hall–Kier alpha value is -1.39. The molecule has 1 aromatic carbocycles. The number of benzene rings is 1. The predicted molar refractivity (Wildman–Crippen MR) is 74.2 cm³/mol. The van der Waals surface area contributed by atoms with Crippen LogP contribution >= 0.6 is 0 Å². The SMILES string of the molecule is NC(CCc1ccccc1)C(=O)NOC1CCCC1. The second-order valence-corrected chi connectivity index (χ2v) is 5.12. The fourth-order valence-corrected chi connectivity index (χ4v) is 2.32. The predicted octanol–water partition coefficient (Wildman–Crippen LogP) is 1.94. The standard InChI is InChI=1S/C15H22N2O2/c16-14(11-10-12-6-2-1-3-7-12)15(18)17-19-13-8-4-5-9-13/h1-3,6-7,13-14H,4-5,8-11,16H2,(H,17,18). The van der Waals surface area contributed by atoms with Crippen LogP contribution in [0.25, 0.3) is 0 Å². The lowest BCUT2D eigenvalue weighted by Gasteiger charge is -2.15. The van der Waals surface area contributed by atoms with Crippen LogP contribution in [0, 0.1) is 0 Å². The summed E-state index contributed by atoms with van der Waals surface area (Å²) in [5.41, 5.74) is 9.55. The van der Waals surface area contributed by atoms with Crippen LogP contribution in [0.5, 0.6) is 0 Å². The molecule has 4 heteroatoms. The number of rotatable bonds is 6. The van der Waals surface area contributed by atoms with Crippen LogP contribution in [0.2, 0.25) is 0 Å². The minimum atomic E-state index is -0.512. The van der Waals surface area contributed by atoms with Gasteiger partial charge in [-0.2, -0.15) is 0 Å². The molecule has 1 amide bonds. The van der Waals surface area contributed by atoms with Crippen LogP contribution < -0.4 is 11.2 Å². The van der Waals surface area contributed by atoms with E-state index in [4.69, 9.17) is 10.6 Å². The molecule has 1 saturated carbocycles. The number of amides is 1. The van der Waals surface area contributed by atoms with Crippen molar-refractivity contribution in [1.29, 1.82) is 0 Å². The summed E-state index contributed by atoms with van der Waals surface area (Å²) in [5, 5.41) is 0. The molecule has 1 atom stereocenters. The van der Waals surface area contributed by atoms with Gasteiger partial charge in [0.05, 0.1) is 12.1 Å². The summed E-state index contributed by atoms with van der Waals surface area (Å²) in [6.07, 6.45) is 6.02. The lowest BCUT2D eigenvalue weighted by atomic mass is 10.1. The van der Waals surface area contributed by atoms with Crippen molar-refractivity contribution in [2.24, 2.45) is 5.73 Å². The van der Waals surface area contributed by atoms with Crippen LogP contribution in [0.4, 0.5) is 0 Å². The molecule has 1 aliphatic carbocycles. The molecule has 1 aliphatic rings. The fraction of sp³-hybridized carbons (Fsp3) is 0.533. The maximum absolute atomic E-state index is 11.8. The van der Waals surface area contributed by atoms with Crippen LogP contribution in [0.3, 0.4) is 0 Å². The van der Waals surface area contributed by atoms with Crippen molar-refractivity contribution in [3.8, 4) is 0 Å². The zero-order valence-electron chi connectivity index (χ0n) is 11.2. The van der Waals surface area contributed by atoms with Gasteiger partial charge in [0.25, 0.3) is 5.91 Å². The molecule has 0 spiro atoms. The number of nitrogens with one attached hydrogen (secondary N) is 1. The number of hydroxylamine groups is 1. The molecule has 1 unspecified atom stereocenters. The third kappa shape index (κ3) is 4.65. The van der Waals surface area contributed by atoms with Crippen LogP contribution in [-0.2, 0) is 16.1 Å². The monoisotopic (exact) mass is 262 g/mol. The Labute approximate surface area is 114 Å². The molecular formula is C15H22N2O2. The molecular weight excluding hydrogens is 240 g/mol. The van der Waals surface area contributed by atoms with Gasteiger partial charge >= 0.3 is 0 Å². The highest BCUT2D eigenvalue weighted by Crippen LogP contribution is 2.19. The highest BCUT2D eigenvalue weighted by molar-refractivity contribution is 5.80. The van der Waals surface area contributed by atoms with E-state index in [1.807, 2.05) is 30.3 Å². The fourth-order valence-electron chi connectivity index (χ4n) is 2.32. The van der Waals surface area contributed by atoms with Crippen molar-refractivity contribution in [2.45, 2.75) is 50.7 Å². The maximum atomic E-state index is 11.8. The smallest absolute Gasteiger partial charge is 0.260 e. The molecule has 1 aromatic rings. The Kier molecular flexibility index (Phi) is 5.36. The average Bonchev–Trinajstić information content (AvgIpc) is 2.96. The second kappa shape index (κ2) is 7.26. The van der Waals surface area contributed by atoms with Crippen molar-refractivity contribution >= 4 is 5.91 Å². The average molecular weight is 262 g/mol. The van der Waals surface area contributed by atoms with Gasteiger partial charge in [0.1, 0.15) is 0 Å². The lowest BCUT2D eigenvalue weighted by molar-refractivity contribution is -0.139. The van der Waals surface area contributed by atoms with E-state index in [0.29, 0.717) is 6.42 Å². The van der Waals surface area contributed by atoms with Crippen LogP contribution in [-0.4, -0.2) is 18.1 Å². The van der Waals surface area contributed by atoms with Gasteiger partial charge < -0.3 is 5.73 Å². The van der Waals surface area contributed by atoms with Gasteiger partial charge in [0, 0.05) is 0 Å². The van der Waals surface area contributed by atoms with Crippen molar-refractivity contribution in [3.05, 3.63) is 35.9 Å². The zero-order chi connectivity index (χ0) is 13.5. The molecule has 0 heterocycles. The summed E-state index contributed by atoms with van der Waals surface area (Å²) < 4.78 is 0. The van der Waals surface area contributed by atoms with Crippen LogP contribution in [0.1, 0.15) is 37.7 Å². The summed E-state index contributed by atoms with van der Waals surface area (Å²) in [6.45, 7) is 0. The number of nitrogens with two attached hydrogens (primary N) is 1. The van der Waals surface area contributed by atoms with Gasteiger partial charge in [0.15, 0.2) is 0 Å². The Bertz CT molecular complexity index is 388. The second-order valence-electron chi connectivity index (χ2n) is 5.12. The third-order valence-corrected chi connectivity index (χ3v) is 3.55. The van der Waals surface area contributed by atoms with Crippen molar-refractivity contribution < 1.29 is 9.63 Å². The highest BCUT2D eigenvalue weighted by Gasteiger charge is 2.19. The first kappa shape index (κ1) is 14.0. The van der Waals surface area contributed by atoms with Gasteiger partial charge in [-0.25, -0.2) is 5.48 Å². The van der Waals surface area contributed by atoms with Crippen molar-refractivity contribution in [1.82, 2.24) is 5.48 Å². The van der Waals surface area contributed by atoms with Gasteiger partial charge in [-0.05, 0) is 31.2 Å². The van der Waals surface area contributed by atoms with Gasteiger partial charge in [0.2, 0.25) is 0 Å². The number of aryl methyl sites for hydroxylation is 1. The summed E-state index contributed by atoms with van der Waals surface area (Å²) in [6, 6.07) is 9.53. The minimum absolute atomic E-state index is 0.172. The van der Waals surface area contributed by atoms with E-state index in [-0.39, 0.29) is 12.0 Å². The van der Waals surface area contributed by atoms with E-state index in [1.165, 1.54) is 18.4 Å². The number of carbonyl (C=O) groups is 1. The minimum Gasteiger partial charge on any atom is -0.320 e. The Morgan fingerprint density at radius 2 is 2.00 bits per heavy atom. The molecule has 19 heavy (non-hydrogen) atoms. The third-order valence-electron chi connectivity index (χ3n) is 3.55. The summed E-state index contributed by atoms with van der Waals surface area (Å²) in [7, 11) is 0. The Balaban J connectivity index is 1.67. The number of carbonyl (C=O) groups excluding carboxylic acids is 1. The zero-order valence-corrected chi connectivity index (χ0v) is 11.2. The molecule has 3 N–H and O–H groups in total. The van der Waals surface area contributed by atoms with E-state index >= 15 is 0 Å². The van der Waals surface area contributed by atoms with E-state index in [2.05, 4.69) is 5.48 Å². The summed E-state index contributed by atoms with van der Waals surface area (Å²) in [5.74, 6) is -0.220. The quantitative estimate of drug-likeness (QED) is 0.770. The van der Waals surface area contributed by atoms with Gasteiger partial charge in [-0.15, -0.1) is 0 Å². The lowest BCUT2D eigenvalue weighted by Crippen LogP contribution is -2.42. The Morgan fingerprint density at radius 1 is 1.32 bits per heavy atom. The highest BCUT2D eigenvalue weighted by atomic mass is 16.7. The van der Waals surface area contributed by atoms with Crippen molar-refractivity contribution in [3.63, 3.8) is 0 Å². The van der Waals surface area contributed by atoms with Crippen molar-refractivity contribution in [2.75, 3.05) is 0 Å². The first-order chi connectivity index (χ1) is 9.25. The molecule has 0 aliphatic heterocycles. The van der Waals surface area contributed by atoms with E-state index in [0.717, 1.165) is 19.3 Å². The Morgan fingerprint density at radius 3 is 2.68 bits per heavy atom. The normalized spacial score (nSPS) is 17.3. The summed E-state index contributed by atoms with van der Waals surface area (Å²) in [4.78, 5) is 17.1.